The molecule has 27 heavy (non-hydrogen) atoms. The normalized spacial score (nSPS) is 18.9. The highest BCUT2D eigenvalue weighted by Gasteiger charge is 2.27. The van der Waals surface area contributed by atoms with E-state index in [2.05, 4.69) is 24.8 Å². The molecule has 8 nitrogen and oxygen atoms in total. The summed E-state index contributed by atoms with van der Waals surface area (Å²) in [5, 5.41) is -0.312. The molecule has 4 heterocycles. The van der Waals surface area contributed by atoms with Gasteiger partial charge in [0, 0.05) is 36.9 Å². The number of halogens is 2. The van der Waals surface area contributed by atoms with Gasteiger partial charge < -0.3 is 9.80 Å². The number of fused-ring (bicyclic) bond motifs is 1. The number of rotatable bonds is 3. The zero-order chi connectivity index (χ0) is 19.0. The maximum absolute atomic E-state index is 12.0. The predicted molar refractivity (Wildman–Crippen MR) is 105 cm³/mol. The van der Waals surface area contributed by atoms with Crippen molar-refractivity contribution < 1.29 is 8.42 Å². The van der Waals surface area contributed by atoms with Crippen molar-refractivity contribution in [3.8, 4) is 0 Å². The lowest BCUT2D eigenvalue weighted by Crippen LogP contribution is -2.32. The molecule has 0 N–H and O–H groups in total. The van der Waals surface area contributed by atoms with E-state index in [1.165, 1.54) is 0 Å². The molecule has 0 spiro atoms. The van der Waals surface area contributed by atoms with Gasteiger partial charge in [-0.1, -0.05) is 0 Å². The Morgan fingerprint density at radius 1 is 0.704 bits per heavy atom. The third-order valence-corrected chi connectivity index (χ3v) is 6.19. The largest absolute Gasteiger partial charge is 0.355 e. The van der Waals surface area contributed by atoms with Crippen LogP contribution in [0.3, 0.4) is 0 Å². The first-order chi connectivity index (χ1) is 12.9. The topological polar surface area (TPSA) is 92.2 Å². The van der Waals surface area contributed by atoms with E-state index in [9.17, 15) is 8.42 Å². The van der Waals surface area contributed by atoms with Gasteiger partial charge in [0.15, 0.2) is 11.6 Å². The molecule has 2 fully saturated rings. The maximum atomic E-state index is 12.0. The van der Waals surface area contributed by atoms with Crippen molar-refractivity contribution in [1.82, 2.24) is 19.9 Å². The van der Waals surface area contributed by atoms with Gasteiger partial charge in [0.1, 0.15) is 11.0 Å². The van der Waals surface area contributed by atoms with Crippen LogP contribution in [0.25, 0.3) is 11.0 Å². The number of hydrogen-bond acceptors (Lipinski definition) is 8. The van der Waals surface area contributed by atoms with E-state index in [0.717, 1.165) is 64.7 Å². The fourth-order valence-electron chi connectivity index (χ4n) is 3.70. The van der Waals surface area contributed by atoms with Crippen LogP contribution in [0.15, 0.2) is 5.16 Å². The van der Waals surface area contributed by atoms with Gasteiger partial charge in [0.2, 0.25) is 5.28 Å². The highest BCUT2D eigenvalue weighted by Crippen LogP contribution is 2.33. The molecule has 11 heteroatoms. The third kappa shape index (κ3) is 3.90. The molecule has 0 aromatic carbocycles. The molecular weight excluding hydrogens is 411 g/mol. The summed E-state index contributed by atoms with van der Waals surface area (Å²) in [5.41, 5.74) is 0.859. The molecule has 2 aromatic heterocycles. The Balaban J connectivity index is 1.96. The zero-order valence-corrected chi connectivity index (χ0v) is 17.1. The summed E-state index contributed by atoms with van der Waals surface area (Å²) >= 11 is 6.22. The van der Waals surface area contributed by atoms with Gasteiger partial charge in [-0.25, -0.2) is 18.4 Å². The number of hydrogen-bond donors (Lipinski definition) is 0. The number of nitrogens with zero attached hydrogens (tertiary/aromatic N) is 6. The fraction of sp³-hybridized carbons (Fsp3) is 0.625. The van der Waals surface area contributed by atoms with Crippen LogP contribution in [0.4, 0.5) is 11.6 Å². The first-order valence-corrected chi connectivity index (χ1v) is 11.8. The van der Waals surface area contributed by atoms with Crippen molar-refractivity contribution in [1.29, 1.82) is 0 Å². The maximum Gasteiger partial charge on any atom is 0.296 e. The van der Waals surface area contributed by atoms with Crippen molar-refractivity contribution in [2.75, 3.05) is 36.0 Å². The second-order valence-electron chi connectivity index (χ2n) is 6.88. The van der Waals surface area contributed by atoms with Crippen LogP contribution in [-0.4, -0.2) is 54.5 Å². The predicted octanol–water partition coefficient (Wildman–Crippen LogP) is 2.98. The van der Waals surface area contributed by atoms with Gasteiger partial charge in [-0.2, -0.15) is 9.97 Å². The molecular formula is C16H20Cl2N6O2S. The van der Waals surface area contributed by atoms with Crippen LogP contribution in [0, 0.1) is 0 Å². The van der Waals surface area contributed by atoms with E-state index in [4.69, 9.17) is 22.3 Å². The van der Waals surface area contributed by atoms with Crippen LogP contribution < -0.4 is 9.80 Å². The van der Waals surface area contributed by atoms with E-state index in [0.29, 0.717) is 22.7 Å². The van der Waals surface area contributed by atoms with E-state index < -0.39 is 14.2 Å². The smallest absolute Gasteiger partial charge is 0.296 e. The van der Waals surface area contributed by atoms with Crippen molar-refractivity contribution in [2.24, 2.45) is 0 Å². The van der Waals surface area contributed by atoms with Crippen molar-refractivity contribution in [3.05, 3.63) is 5.28 Å². The molecule has 2 aromatic rings. The second kappa shape index (κ2) is 7.52. The van der Waals surface area contributed by atoms with Gasteiger partial charge in [0.25, 0.3) is 14.2 Å². The van der Waals surface area contributed by atoms with Crippen LogP contribution in [0.2, 0.25) is 5.28 Å². The Labute approximate surface area is 167 Å². The molecule has 0 unspecified atom stereocenters. The Morgan fingerprint density at radius 3 is 1.70 bits per heavy atom. The van der Waals surface area contributed by atoms with Crippen LogP contribution >= 0.6 is 22.3 Å². The SMILES string of the molecule is O=S(=O)(Cl)c1nc(N2CCCCC2)c2nc(Cl)nc(N3CCCCC3)c2n1. The molecule has 0 aliphatic carbocycles. The zero-order valence-electron chi connectivity index (χ0n) is 14.7. The summed E-state index contributed by atoms with van der Waals surface area (Å²) in [6.45, 7) is 3.17. The fourth-order valence-corrected chi connectivity index (χ4v) is 4.47. The summed E-state index contributed by atoms with van der Waals surface area (Å²) in [4.78, 5) is 21.3. The van der Waals surface area contributed by atoms with Gasteiger partial charge in [0.05, 0.1) is 0 Å². The minimum Gasteiger partial charge on any atom is -0.355 e. The van der Waals surface area contributed by atoms with E-state index in [1.54, 1.807) is 0 Å². The Hall–Kier alpha value is -1.45. The Kier molecular flexibility index (Phi) is 5.26. The average molecular weight is 431 g/mol. The van der Waals surface area contributed by atoms with Gasteiger partial charge in [-0.3, -0.25) is 0 Å². The summed E-state index contributed by atoms with van der Waals surface area (Å²) in [7, 11) is 1.49. The Bertz CT molecular complexity index is 959. The van der Waals surface area contributed by atoms with Crippen LogP contribution in [-0.2, 0) is 9.05 Å². The highest BCUT2D eigenvalue weighted by atomic mass is 35.7. The lowest BCUT2D eigenvalue weighted by molar-refractivity contribution is 0.568. The molecule has 0 radical (unpaired) electrons. The lowest BCUT2D eigenvalue weighted by atomic mass is 10.1. The van der Waals surface area contributed by atoms with Crippen molar-refractivity contribution in [2.45, 2.75) is 43.7 Å². The number of piperidine rings is 2. The monoisotopic (exact) mass is 430 g/mol. The molecule has 146 valence electrons. The first kappa shape index (κ1) is 18.9. The van der Waals surface area contributed by atoms with Crippen LogP contribution in [0.1, 0.15) is 38.5 Å². The summed E-state index contributed by atoms with van der Waals surface area (Å²) in [6, 6.07) is 0. The molecule has 2 aliphatic heterocycles. The van der Waals surface area contributed by atoms with Crippen molar-refractivity contribution >= 4 is 54.0 Å². The van der Waals surface area contributed by atoms with Crippen LogP contribution in [0.5, 0.6) is 0 Å². The minimum absolute atomic E-state index is 0.103. The Morgan fingerprint density at radius 2 is 1.19 bits per heavy atom. The average Bonchev–Trinajstić information content (AvgIpc) is 2.67. The molecule has 4 rings (SSSR count). The number of aromatic nitrogens is 4. The first-order valence-electron chi connectivity index (χ1n) is 9.13. The van der Waals surface area contributed by atoms with E-state index >= 15 is 0 Å². The summed E-state index contributed by atoms with van der Waals surface area (Å²) < 4.78 is 24.0. The van der Waals surface area contributed by atoms with E-state index in [1.807, 2.05) is 4.90 Å². The summed E-state index contributed by atoms with van der Waals surface area (Å²) in [5.74, 6) is 1.01. The quantitative estimate of drug-likeness (QED) is 0.541. The molecule has 2 saturated heterocycles. The van der Waals surface area contributed by atoms with Gasteiger partial charge in [-0.05, 0) is 50.1 Å². The molecule has 0 atom stereocenters. The molecule has 0 saturated carbocycles. The lowest BCUT2D eigenvalue weighted by Gasteiger charge is -2.30. The highest BCUT2D eigenvalue weighted by molar-refractivity contribution is 8.13. The molecule has 2 aliphatic rings. The standard InChI is InChI=1S/C16H20Cl2N6O2S/c17-15-19-11-12(13(21-15)23-7-3-1-4-8-23)20-16(27(18,25)26)22-14(11)24-9-5-2-6-10-24/h1-10H2. The molecule has 0 amide bonds. The summed E-state index contributed by atoms with van der Waals surface area (Å²) in [6.07, 6.45) is 6.37. The number of anilines is 2. The van der Waals surface area contributed by atoms with E-state index in [-0.39, 0.29) is 5.28 Å². The minimum atomic E-state index is -4.10. The third-order valence-electron chi connectivity index (χ3n) is 4.99. The van der Waals surface area contributed by atoms with Crippen molar-refractivity contribution in [3.63, 3.8) is 0 Å². The van der Waals surface area contributed by atoms with Gasteiger partial charge >= 0.3 is 0 Å². The second-order valence-corrected chi connectivity index (χ2v) is 9.67. The van der Waals surface area contributed by atoms with Gasteiger partial charge in [-0.15, -0.1) is 0 Å². The molecule has 0 bridgehead atoms.